The van der Waals surface area contributed by atoms with Crippen LogP contribution in [0.1, 0.15) is 38.2 Å². The van der Waals surface area contributed by atoms with Crippen LogP contribution in [0.3, 0.4) is 0 Å². The largest absolute Gasteiger partial charge is 0.294 e. The summed E-state index contributed by atoms with van der Waals surface area (Å²) in [5, 5.41) is 32.4. The summed E-state index contributed by atoms with van der Waals surface area (Å²) in [6.07, 6.45) is 3.46. The number of aryl methyl sites for hydroxylation is 1. The molecule has 0 saturated carbocycles. The number of hydrogen-bond acceptors (Lipinski definition) is 11. The molecule has 2 atom stereocenters. The van der Waals surface area contributed by atoms with E-state index in [9.17, 15) is 9.59 Å². The van der Waals surface area contributed by atoms with Crippen molar-refractivity contribution >= 4 is 21.8 Å². The minimum atomic E-state index is -0.366. The van der Waals surface area contributed by atoms with Crippen LogP contribution in [-0.2, 0) is 13.1 Å². The fraction of sp³-hybridized carbons (Fsp3) is 0.421. The number of aromatic nitrogens is 13. The molecule has 15 nitrogen and oxygen atoms in total. The van der Waals surface area contributed by atoms with Gasteiger partial charge < -0.3 is 0 Å². The van der Waals surface area contributed by atoms with Crippen LogP contribution >= 0.6 is 0 Å². The molecule has 4 aromatic heterocycles. The first kappa shape index (κ1) is 21.4. The fourth-order valence-electron chi connectivity index (χ4n) is 3.82. The second-order valence-corrected chi connectivity index (χ2v) is 7.98. The third-order valence-electron chi connectivity index (χ3n) is 5.62. The van der Waals surface area contributed by atoms with Crippen LogP contribution in [0.4, 0.5) is 0 Å². The number of hydrogen-bond donors (Lipinski definition) is 0. The van der Waals surface area contributed by atoms with E-state index >= 15 is 0 Å². The van der Waals surface area contributed by atoms with Crippen molar-refractivity contribution in [3.05, 3.63) is 51.3 Å². The monoisotopic (exact) mass is 463 g/mol. The van der Waals surface area contributed by atoms with Crippen molar-refractivity contribution in [1.29, 1.82) is 0 Å². The first-order chi connectivity index (χ1) is 16.4. The van der Waals surface area contributed by atoms with Crippen molar-refractivity contribution in [2.45, 2.75) is 52.4 Å². The molecular weight excluding hydrogens is 442 g/mol. The van der Waals surface area contributed by atoms with Gasteiger partial charge in [-0.25, -0.2) is 9.67 Å². The summed E-state index contributed by atoms with van der Waals surface area (Å²) >= 11 is 0. The standard InChI is InChI=1S/C19H21N13O2/c1-4-13(8-31-25-12(3)23-27-31)29-10-20-16-5-15-17(6-14(16)18(29)33)24-28-32(19(15)34)11(2)7-30-22-9-21-26-30/h5-6,9-11,13H,4,7-8H2,1-3H3. The molecule has 5 rings (SSSR count). The van der Waals surface area contributed by atoms with Gasteiger partial charge in [0.15, 0.2) is 12.2 Å². The van der Waals surface area contributed by atoms with Crippen LogP contribution in [-0.4, -0.2) is 65.0 Å². The highest BCUT2D eigenvalue weighted by atomic mass is 16.1. The minimum Gasteiger partial charge on any atom is -0.294 e. The molecule has 0 aliphatic rings. The molecule has 34 heavy (non-hydrogen) atoms. The number of tetrazole rings is 2. The Bertz CT molecular complexity index is 1580. The summed E-state index contributed by atoms with van der Waals surface area (Å²) < 4.78 is 2.81. The molecule has 15 heteroatoms. The van der Waals surface area contributed by atoms with Gasteiger partial charge in [-0.3, -0.25) is 14.2 Å². The summed E-state index contributed by atoms with van der Waals surface area (Å²) in [4.78, 5) is 33.7. The van der Waals surface area contributed by atoms with E-state index in [0.29, 0.717) is 47.1 Å². The van der Waals surface area contributed by atoms with Gasteiger partial charge in [0.1, 0.15) is 5.52 Å². The molecular formula is C19H21N13O2. The van der Waals surface area contributed by atoms with Crippen LogP contribution in [0.15, 0.2) is 34.4 Å². The maximum Gasteiger partial charge on any atom is 0.277 e. The SMILES string of the molecule is CCC(Cn1nnc(C)n1)n1cnc2cc3c(=O)n(C(C)Cn4ncnn4)nnc3cc2c1=O. The molecule has 4 heterocycles. The van der Waals surface area contributed by atoms with Gasteiger partial charge in [0.25, 0.3) is 11.1 Å². The van der Waals surface area contributed by atoms with Crippen LogP contribution in [0.25, 0.3) is 21.8 Å². The van der Waals surface area contributed by atoms with E-state index in [0.717, 1.165) is 0 Å². The van der Waals surface area contributed by atoms with Gasteiger partial charge in [0.2, 0.25) is 0 Å². The summed E-state index contributed by atoms with van der Waals surface area (Å²) in [5.74, 6) is 0.557. The van der Waals surface area contributed by atoms with E-state index in [4.69, 9.17) is 0 Å². The predicted molar refractivity (Wildman–Crippen MR) is 118 cm³/mol. The van der Waals surface area contributed by atoms with E-state index < -0.39 is 0 Å². The Hall–Kier alpha value is -4.43. The van der Waals surface area contributed by atoms with Gasteiger partial charge in [-0.05, 0) is 42.8 Å². The summed E-state index contributed by atoms with van der Waals surface area (Å²) in [6, 6.07) is 2.55. The average molecular weight is 463 g/mol. The molecule has 0 amide bonds. The highest BCUT2D eigenvalue weighted by Gasteiger charge is 2.18. The van der Waals surface area contributed by atoms with Gasteiger partial charge >= 0.3 is 0 Å². The first-order valence-electron chi connectivity index (χ1n) is 10.7. The molecule has 0 bridgehead atoms. The highest BCUT2D eigenvalue weighted by Crippen LogP contribution is 2.17. The van der Waals surface area contributed by atoms with E-state index in [1.807, 2.05) is 6.92 Å². The highest BCUT2D eigenvalue weighted by molar-refractivity contribution is 5.93. The Morgan fingerprint density at radius 3 is 2.44 bits per heavy atom. The smallest absolute Gasteiger partial charge is 0.277 e. The van der Waals surface area contributed by atoms with Crippen molar-refractivity contribution in [2.75, 3.05) is 0 Å². The van der Waals surface area contributed by atoms with E-state index in [1.165, 1.54) is 26.9 Å². The lowest BCUT2D eigenvalue weighted by molar-refractivity contribution is 0.354. The van der Waals surface area contributed by atoms with Gasteiger partial charge in [0, 0.05) is 0 Å². The Morgan fingerprint density at radius 2 is 1.74 bits per heavy atom. The van der Waals surface area contributed by atoms with E-state index in [2.05, 4.69) is 46.1 Å². The van der Waals surface area contributed by atoms with Gasteiger partial charge in [-0.2, -0.15) is 9.59 Å². The van der Waals surface area contributed by atoms with Crippen molar-refractivity contribution in [3.63, 3.8) is 0 Å². The minimum absolute atomic E-state index is 0.223. The molecule has 0 aliphatic heterocycles. The summed E-state index contributed by atoms with van der Waals surface area (Å²) in [5.41, 5.74) is 0.135. The second kappa shape index (κ2) is 8.49. The maximum absolute atomic E-state index is 13.3. The zero-order chi connectivity index (χ0) is 23.8. The van der Waals surface area contributed by atoms with Gasteiger partial charge in [-0.1, -0.05) is 12.1 Å². The molecule has 0 N–H and O–H groups in total. The van der Waals surface area contributed by atoms with Crippen molar-refractivity contribution in [1.82, 2.24) is 65.0 Å². The zero-order valence-corrected chi connectivity index (χ0v) is 18.7. The second-order valence-electron chi connectivity index (χ2n) is 7.98. The lowest BCUT2D eigenvalue weighted by Gasteiger charge is -2.17. The van der Waals surface area contributed by atoms with E-state index in [1.54, 1.807) is 30.5 Å². The summed E-state index contributed by atoms with van der Waals surface area (Å²) in [7, 11) is 0. The average Bonchev–Trinajstić information content (AvgIpc) is 3.49. The third-order valence-corrected chi connectivity index (χ3v) is 5.62. The number of nitrogens with zero attached hydrogens (tertiary/aromatic N) is 13. The van der Waals surface area contributed by atoms with E-state index in [-0.39, 0.29) is 23.2 Å². The first-order valence-corrected chi connectivity index (χ1v) is 10.7. The summed E-state index contributed by atoms with van der Waals surface area (Å²) in [6.45, 7) is 6.20. The lowest BCUT2D eigenvalue weighted by Crippen LogP contribution is -2.30. The quantitative estimate of drug-likeness (QED) is 0.290. The van der Waals surface area contributed by atoms with Crippen LogP contribution in [0.5, 0.6) is 0 Å². The molecule has 0 spiro atoms. The number of fused-ring (bicyclic) bond motifs is 2. The molecule has 2 unspecified atom stereocenters. The van der Waals surface area contributed by atoms with Crippen LogP contribution < -0.4 is 11.1 Å². The maximum atomic E-state index is 13.3. The molecule has 174 valence electrons. The zero-order valence-electron chi connectivity index (χ0n) is 18.7. The Kier molecular flexibility index (Phi) is 5.35. The molecule has 0 saturated heterocycles. The van der Waals surface area contributed by atoms with Gasteiger partial charge in [0.05, 0.1) is 47.8 Å². The van der Waals surface area contributed by atoms with Crippen LogP contribution in [0.2, 0.25) is 0 Å². The molecule has 0 aliphatic carbocycles. The Balaban J connectivity index is 1.54. The van der Waals surface area contributed by atoms with Crippen LogP contribution in [0, 0.1) is 6.92 Å². The van der Waals surface area contributed by atoms with Crippen molar-refractivity contribution in [3.8, 4) is 0 Å². The Labute approximate surface area is 191 Å². The molecule has 5 aromatic rings. The predicted octanol–water partition coefficient (Wildman–Crippen LogP) is -0.305. The number of benzene rings is 1. The van der Waals surface area contributed by atoms with Crippen molar-refractivity contribution < 1.29 is 0 Å². The molecule has 0 fully saturated rings. The molecule has 0 radical (unpaired) electrons. The molecule has 1 aromatic carbocycles. The lowest BCUT2D eigenvalue weighted by atomic mass is 10.1. The van der Waals surface area contributed by atoms with Crippen molar-refractivity contribution in [2.24, 2.45) is 0 Å². The normalized spacial score (nSPS) is 13.5. The fourth-order valence-corrected chi connectivity index (χ4v) is 3.82. The Morgan fingerprint density at radius 1 is 0.941 bits per heavy atom. The topological polar surface area (TPSA) is 170 Å². The number of rotatable bonds is 7. The third kappa shape index (κ3) is 3.80. The van der Waals surface area contributed by atoms with Gasteiger partial charge in [-0.15, -0.1) is 25.5 Å².